The van der Waals surface area contributed by atoms with Crippen molar-refractivity contribution in [2.45, 2.75) is 26.2 Å². The van der Waals surface area contributed by atoms with Crippen molar-refractivity contribution in [1.29, 1.82) is 0 Å². The van der Waals surface area contributed by atoms with Crippen LogP contribution in [0.15, 0.2) is 72.8 Å². The van der Waals surface area contributed by atoms with E-state index in [1.807, 2.05) is 67.6 Å². The van der Waals surface area contributed by atoms with Crippen molar-refractivity contribution < 1.29 is 14.3 Å². The van der Waals surface area contributed by atoms with Crippen molar-refractivity contribution in [1.82, 2.24) is 4.90 Å². The van der Waals surface area contributed by atoms with E-state index < -0.39 is 0 Å². The van der Waals surface area contributed by atoms with Gasteiger partial charge >= 0.3 is 0 Å². The van der Waals surface area contributed by atoms with Crippen molar-refractivity contribution in [2.24, 2.45) is 0 Å². The lowest BCUT2D eigenvalue weighted by atomic mass is 9.97. The highest BCUT2D eigenvalue weighted by atomic mass is 32.1. The highest BCUT2D eigenvalue weighted by Crippen LogP contribution is 2.41. The zero-order valence-corrected chi connectivity index (χ0v) is 21.0. The number of carbonyl (C=O) groups is 1. The number of fused-ring (bicyclic) bond motifs is 1. The quantitative estimate of drug-likeness (QED) is 0.238. The Morgan fingerprint density at radius 1 is 0.886 bits per heavy atom. The van der Waals surface area contributed by atoms with Crippen LogP contribution in [0.25, 0.3) is 20.5 Å². The molecular formula is C30H31NO3S. The molecule has 1 aromatic heterocycles. The fraction of sp³-hybridized carbons (Fsp3) is 0.300. The molecule has 1 aliphatic rings. The fourth-order valence-corrected chi connectivity index (χ4v) is 5.91. The van der Waals surface area contributed by atoms with E-state index in [0.717, 1.165) is 44.1 Å². The molecule has 1 saturated heterocycles. The minimum absolute atomic E-state index is 0.0397. The lowest BCUT2D eigenvalue weighted by Crippen LogP contribution is -2.33. The predicted molar refractivity (Wildman–Crippen MR) is 144 cm³/mol. The van der Waals surface area contributed by atoms with Crippen LogP contribution < -0.4 is 9.47 Å². The van der Waals surface area contributed by atoms with Crippen LogP contribution in [-0.2, 0) is 0 Å². The van der Waals surface area contributed by atoms with E-state index in [9.17, 15) is 4.79 Å². The summed E-state index contributed by atoms with van der Waals surface area (Å²) in [6, 6.07) is 23.6. The Kier molecular flexibility index (Phi) is 7.45. The van der Waals surface area contributed by atoms with E-state index in [4.69, 9.17) is 9.47 Å². The summed E-state index contributed by atoms with van der Waals surface area (Å²) in [5.41, 5.74) is 2.46. The van der Waals surface area contributed by atoms with Crippen LogP contribution >= 0.6 is 11.3 Å². The molecule has 1 fully saturated rings. The van der Waals surface area contributed by atoms with Gasteiger partial charge in [-0.2, -0.15) is 0 Å². The van der Waals surface area contributed by atoms with Gasteiger partial charge in [-0.1, -0.05) is 36.8 Å². The minimum atomic E-state index is 0.0397. The molecule has 180 valence electrons. The van der Waals surface area contributed by atoms with Crippen LogP contribution in [0.1, 0.15) is 42.1 Å². The smallest absolute Gasteiger partial charge is 0.195 e. The first-order valence-corrected chi connectivity index (χ1v) is 13.3. The van der Waals surface area contributed by atoms with E-state index >= 15 is 0 Å². The second kappa shape index (κ2) is 11.1. The third-order valence-electron chi connectivity index (χ3n) is 6.48. The fourth-order valence-electron chi connectivity index (χ4n) is 4.67. The summed E-state index contributed by atoms with van der Waals surface area (Å²) in [4.78, 5) is 17.1. The number of nitrogens with zero attached hydrogens (tertiary/aromatic N) is 1. The van der Waals surface area contributed by atoms with Gasteiger partial charge in [-0.05, 0) is 80.9 Å². The molecule has 0 bridgehead atoms. The Morgan fingerprint density at radius 2 is 1.63 bits per heavy atom. The van der Waals surface area contributed by atoms with Gasteiger partial charge in [-0.3, -0.25) is 9.69 Å². The lowest BCUT2D eigenvalue weighted by molar-refractivity contribution is 0.104. The number of benzene rings is 3. The molecule has 2 heterocycles. The molecule has 4 aromatic rings. The largest absolute Gasteiger partial charge is 0.494 e. The number of ether oxygens (including phenoxy) is 2. The number of hydrogen-bond donors (Lipinski definition) is 0. The first-order chi connectivity index (χ1) is 17.2. The highest BCUT2D eigenvalue weighted by Gasteiger charge is 2.22. The number of likely N-dealkylation sites (tertiary alicyclic amines) is 1. The first-order valence-electron chi connectivity index (χ1n) is 12.5. The van der Waals surface area contributed by atoms with Crippen molar-refractivity contribution in [3.8, 4) is 21.9 Å². The van der Waals surface area contributed by atoms with Crippen molar-refractivity contribution in [3.63, 3.8) is 0 Å². The van der Waals surface area contributed by atoms with E-state index in [1.54, 1.807) is 11.3 Å². The van der Waals surface area contributed by atoms with Gasteiger partial charge in [0.25, 0.3) is 0 Å². The molecule has 0 saturated carbocycles. The summed E-state index contributed by atoms with van der Waals surface area (Å²) in [5.74, 6) is 1.73. The standard InChI is InChI=1S/C30H31NO3S/c1-2-33-25-15-16-26-27(21-25)35-30(28(26)29(32)22-9-5-3-6-10-22)23-11-13-24(14-12-23)34-20-19-31-17-7-4-8-18-31/h3,5-6,9-16,21H,2,4,7-8,17-20H2,1H3. The molecule has 0 aliphatic carbocycles. The van der Waals surface area contributed by atoms with Crippen LogP contribution in [-0.4, -0.2) is 43.5 Å². The maximum absolute atomic E-state index is 13.6. The zero-order chi connectivity index (χ0) is 24.0. The van der Waals surface area contributed by atoms with Crippen LogP contribution in [0.4, 0.5) is 0 Å². The van der Waals surface area contributed by atoms with Crippen LogP contribution in [0.2, 0.25) is 0 Å². The van der Waals surface area contributed by atoms with E-state index in [0.29, 0.717) is 18.8 Å². The number of carbonyl (C=O) groups excluding carboxylic acids is 1. The number of piperidine rings is 1. The molecule has 3 aromatic carbocycles. The van der Waals surface area contributed by atoms with Gasteiger partial charge in [0.2, 0.25) is 0 Å². The Hall–Kier alpha value is -3.15. The predicted octanol–water partition coefficient (Wildman–Crippen LogP) is 7.06. The summed E-state index contributed by atoms with van der Waals surface area (Å²) >= 11 is 1.63. The molecule has 0 unspecified atom stereocenters. The van der Waals surface area contributed by atoms with Crippen LogP contribution in [0.5, 0.6) is 11.5 Å². The zero-order valence-electron chi connectivity index (χ0n) is 20.2. The summed E-state index contributed by atoms with van der Waals surface area (Å²) in [7, 11) is 0. The normalized spacial score (nSPS) is 14.2. The Morgan fingerprint density at radius 3 is 2.37 bits per heavy atom. The van der Waals surface area contributed by atoms with Crippen LogP contribution in [0.3, 0.4) is 0 Å². The van der Waals surface area contributed by atoms with Crippen LogP contribution in [0, 0.1) is 0 Å². The number of rotatable bonds is 9. The van der Waals surface area contributed by atoms with Gasteiger partial charge in [0, 0.05) is 32.6 Å². The summed E-state index contributed by atoms with van der Waals surface area (Å²) in [6.45, 7) is 6.61. The third-order valence-corrected chi connectivity index (χ3v) is 7.68. The van der Waals surface area contributed by atoms with E-state index in [1.165, 1.54) is 32.4 Å². The molecule has 0 spiro atoms. The van der Waals surface area contributed by atoms with Gasteiger partial charge in [-0.15, -0.1) is 11.3 Å². The maximum Gasteiger partial charge on any atom is 0.195 e. The lowest BCUT2D eigenvalue weighted by Gasteiger charge is -2.26. The Labute approximate surface area is 211 Å². The molecule has 0 atom stereocenters. The first kappa shape index (κ1) is 23.6. The van der Waals surface area contributed by atoms with Crippen molar-refractivity contribution in [3.05, 3.63) is 83.9 Å². The second-order valence-corrected chi connectivity index (χ2v) is 9.92. The Balaban J connectivity index is 1.42. The van der Waals surface area contributed by atoms with Gasteiger partial charge in [0.1, 0.15) is 18.1 Å². The molecule has 5 rings (SSSR count). The van der Waals surface area contributed by atoms with Crippen molar-refractivity contribution in [2.75, 3.05) is 32.8 Å². The molecule has 1 aliphatic heterocycles. The average Bonchev–Trinajstić information content (AvgIpc) is 3.29. The molecule has 0 N–H and O–H groups in total. The number of thiophene rings is 1. The minimum Gasteiger partial charge on any atom is -0.494 e. The number of hydrogen-bond acceptors (Lipinski definition) is 5. The third kappa shape index (κ3) is 5.42. The van der Waals surface area contributed by atoms with Gasteiger partial charge in [0.15, 0.2) is 5.78 Å². The summed E-state index contributed by atoms with van der Waals surface area (Å²) in [5, 5.41) is 0.962. The maximum atomic E-state index is 13.6. The van der Waals surface area contributed by atoms with Crippen molar-refractivity contribution >= 4 is 27.2 Å². The van der Waals surface area contributed by atoms with Gasteiger partial charge in [0.05, 0.1) is 6.61 Å². The molecule has 5 heteroatoms. The topological polar surface area (TPSA) is 38.8 Å². The summed E-state index contributed by atoms with van der Waals surface area (Å²) in [6.07, 6.45) is 3.93. The van der Waals surface area contributed by atoms with Gasteiger partial charge < -0.3 is 9.47 Å². The highest BCUT2D eigenvalue weighted by molar-refractivity contribution is 7.22. The SMILES string of the molecule is CCOc1ccc2c(C(=O)c3ccccc3)c(-c3ccc(OCCN4CCCCC4)cc3)sc2c1. The Bertz CT molecular complexity index is 1270. The second-order valence-electron chi connectivity index (χ2n) is 8.87. The van der Waals surface area contributed by atoms with Gasteiger partial charge in [-0.25, -0.2) is 0 Å². The van der Waals surface area contributed by atoms with E-state index in [2.05, 4.69) is 17.0 Å². The molecule has 4 nitrogen and oxygen atoms in total. The average molecular weight is 486 g/mol. The number of ketones is 1. The molecule has 35 heavy (non-hydrogen) atoms. The van der Waals surface area contributed by atoms with E-state index in [-0.39, 0.29) is 5.78 Å². The summed E-state index contributed by atoms with van der Waals surface area (Å²) < 4.78 is 12.8. The molecule has 0 radical (unpaired) electrons. The molecule has 0 amide bonds. The molecular weight excluding hydrogens is 454 g/mol. The monoisotopic (exact) mass is 485 g/mol.